The lowest BCUT2D eigenvalue weighted by Crippen LogP contribution is -2.32. The van der Waals surface area contributed by atoms with Gasteiger partial charge < -0.3 is 5.32 Å². The van der Waals surface area contributed by atoms with Gasteiger partial charge in [0.05, 0.1) is 16.4 Å². The topological polar surface area (TPSA) is 29.9 Å². The highest BCUT2D eigenvalue weighted by molar-refractivity contribution is 7.99. The van der Waals surface area contributed by atoms with Crippen LogP contribution in [-0.4, -0.2) is 27.3 Å². The summed E-state index contributed by atoms with van der Waals surface area (Å²) in [6.45, 7) is 5.78. The van der Waals surface area contributed by atoms with Crippen molar-refractivity contribution in [2.45, 2.75) is 45.8 Å². The molecule has 0 atom stereocenters. The molecule has 0 radical (unpaired) electrons. The molecule has 0 bridgehead atoms. The number of aryl methyl sites for hydroxylation is 2. The molecule has 0 amide bonds. The van der Waals surface area contributed by atoms with Crippen LogP contribution in [0.25, 0.3) is 0 Å². The van der Waals surface area contributed by atoms with Gasteiger partial charge in [-0.15, -0.1) is 0 Å². The van der Waals surface area contributed by atoms with Gasteiger partial charge in [-0.2, -0.15) is 16.9 Å². The average Bonchev–Trinajstić information content (AvgIpc) is 2.64. The highest BCUT2D eigenvalue weighted by atomic mass is 35.5. The molecule has 1 saturated heterocycles. The van der Waals surface area contributed by atoms with Crippen molar-refractivity contribution in [3.63, 3.8) is 0 Å². The van der Waals surface area contributed by atoms with Gasteiger partial charge >= 0.3 is 0 Å². The molecule has 1 fully saturated rings. The maximum Gasteiger partial charge on any atom is 0.0860 e. The van der Waals surface area contributed by atoms with E-state index in [-0.39, 0.29) is 0 Å². The third-order valence-corrected chi connectivity index (χ3v) is 4.77. The zero-order valence-electron chi connectivity index (χ0n) is 10.5. The molecule has 1 aromatic heterocycles. The molecular weight excluding hydrogens is 254 g/mol. The Morgan fingerprint density at radius 1 is 1.47 bits per heavy atom. The summed E-state index contributed by atoms with van der Waals surface area (Å²) in [6.07, 6.45) is 2.53. The lowest BCUT2D eigenvalue weighted by molar-refractivity contribution is 0.466. The van der Waals surface area contributed by atoms with Crippen LogP contribution >= 0.6 is 23.4 Å². The van der Waals surface area contributed by atoms with E-state index >= 15 is 0 Å². The van der Waals surface area contributed by atoms with E-state index in [2.05, 4.69) is 29.1 Å². The molecule has 0 unspecified atom stereocenters. The Balaban J connectivity index is 1.97. The van der Waals surface area contributed by atoms with Gasteiger partial charge in [0, 0.05) is 19.1 Å². The van der Waals surface area contributed by atoms with E-state index in [0.717, 1.165) is 29.5 Å². The van der Waals surface area contributed by atoms with Gasteiger partial charge in [0.15, 0.2) is 0 Å². The molecule has 0 saturated carbocycles. The van der Waals surface area contributed by atoms with E-state index < -0.39 is 0 Å². The van der Waals surface area contributed by atoms with Crippen LogP contribution < -0.4 is 5.32 Å². The van der Waals surface area contributed by atoms with Crippen molar-refractivity contribution < 1.29 is 0 Å². The van der Waals surface area contributed by atoms with E-state index in [1.165, 1.54) is 24.3 Å². The third-order valence-electron chi connectivity index (χ3n) is 3.23. The SMILES string of the molecule is CCn1nc(C)c(Cl)c1CNC1CCSCC1. The summed E-state index contributed by atoms with van der Waals surface area (Å²) in [5.41, 5.74) is 2.06. The van der Waals surface area contributed by atoms with Gasteiger partial charge in [-0.1, -0.05) is 11.6 Å². The Hall–Kier alpha value is -0.190. The number of hydrogen-bond acceptors (Lipinski definition) is 3. The molecule has 0 spiro atoms. The molecule has 1 aliphatic rings. The fourth-order valence-corrected chi connectivity index (χ4v) is 3.49. The molecule has 2 rings (SSSR count). The van der Waals surface area contributed by atoms with Gasteiger partial charge in [-0.3, -0.25) is 4.68 Å². The number of nitrogens with one attached hydrogen (secondary N) is 1. The summed E-state index contributed by atoms with van der Waals surface area (Å²) in [5, 5.41) is 8.86. The Kier molecular flexibility index (Phi) is 4.77. The van der Waals surface area contributed by atoms with E-state index in [0.29, 0.717) is 6.04 Å². The molecule has 0 aliphatic carbocycles. The zero-order valence-corrected chi connectivity index (χ0v) is 12.1. The minimum Gasteiger partial charge on any atom is -0.308 e. The third kappa shape index (κ3) is 3.18. The Bertz CT molecular complexity index is 372. The van der Waals surface area contributed by atoms with Crippen molar-refractivity contribution in [2.75, 3.05) is 11.5 Å². The Morgan fingerprint density at radius 2 is 2.18 bits per heavy atom. The van der Waals surface area contributed by atoms with Crippen LogP contribution in [0.3, 0.4) is 0 Å². The van der Waals surface area contributed by atoms with Crippen LogP contribution in [0.15, 0.2) is 0 Å². The smallest absolute Gasteiger partial charge is 0.0860 e. The number of nitrogens with zero attached hydrogens (tertiary/aromatic N) is 2. The van der Waals surface area contributed by atoms with E-state index in [1.807, 2.05) is 11.6 Å². The van der Waals surface area contributed by atoms with Crippen molar-refractivity contribution in [1.29, 1.82) is 0 Å². The van der Waals surface area contributed by atoms with Crippen molar-refractivity contribution in [3.8, 4) is 0 Å². The quantitative estimate of drug-likeness (QED) is 0.915. The second-order valence-corrected chi connectivity index (χ2v) is 6.03. The largest absolute Gasteiger partial charge is 0.308 e. The number of thioether (sulfide) groups is 1. The summed E-state index contributed by atoms with van der Waals surface area (Å²) in [6, 6.07) is 0.646. The fourth-order valence-electron chi connectivity index (χ4n) is 2.18. The zero-order chi connectivity index (χ0) is 12.3. The molecule has 0 aromatic carbocycles. The molecule has 3 nitrogen and oxygen atoms in total. The van der Waals surface area contributed by atoms with Gasteiger partial charge in [0.25, 0.3) is 0 Å². The Labute approximate surface area is 112 Å². The standard InChI is InChI=1S/C12H20ClN3S/c1-3-16-11(12(13)9(2)15-16)8-14-10-4-6-17-7-5-10/h10,14H,3-8H2,1-2H3. The highest BCUT2D eigenvalue weighted by Crippen LogP contribution is 2.22. The number of rotatable bonds is 4. The molecular formula is C12H20ClN3S. The number of halogens is 1. The first-order chi connectivity index (χ1) is 8.22. The second kappa shape index (κ2) is 6.12. The van der Waals surface area contributed by atoms with Gasteiger partial charge in [-0.25, -0.2) is 0 Å². The van der Waals surface area contributed by atoms with Crippen LogP contribution in [0.5, 0.6) is 0 Å². The first-order valence-corrected chi connectivity index (χ1v) is 7.78. The predicted octanol–water partition coefficient (Wildman–Crippen LogP) is 2.85. The highest BCUT2D eigenvalue weighted by Gasteiger charge is 2.16. The summed E-state index contributed by atoms with van der Waals surface area (Å²) in [4.78, 5) is 0. The number of hydrogen-bond donors (Lipinski definition) is 1. The van der Waals surface area contributed by atoms with Crippen LogP contribution in [0.1, 0.15) is 31.2 Å². The Morgan fingerprint density at radius 3 is 2.82 bits per heavy atom. The van der Waals surface area contributed by atoms with E-state index in [4.69, 9.17) is 11.6 Å². The summed E-state index contributed by atoms with van der Waals surface area (Å²) in [7, 11) is 0. The van der Waals surface area contributed by atoms with Crippen molar-refractivity contribution in [3.05, 3.63) is 16.4 Å². The molecule has 1 N–H and O–H groups in total. The first kappa shape index (κ1) is 13.2. The lowest BCUT2D eigenvalue weighted by Gasteiger charge is -2.22. The summed E-state index contributed by atoms with van der Waals surface area (Å²) < 4.78 is 2.00. The maximum absolute atomic E-state index is 6.28. The van der Waals surface area contributed by atoms with Crippen LogP contribution in [0.4, 0.5) is 0 Å². The van der Waals surface area contributed by atoms with Gasteiger partial charge in [-0.05, 0) is 38.2 Å². The molecule has 5 heteroatoms. The van der Waals surface area contributed by atoms with Crippen molar-refractivity contribution >= 4 is 23.4 Å². The minimum atomic E-state index is 0.646. The van der Waals surface area contributed by atoms with Crippen LogP contribution in [-0.2, 0) is 13.1 Å². The van der Waals surface area contributed by atoms with Crippen LogP contribution in [0, 0.1) is 6.92 Å². The fraction of sp³-hybridized carbons (Fsp3) is 0.750. The normalized spacial score (nSPS) is 17.6. The molecule has 17 heavy (non-hydrogen) atoms. The minimum absolute atomic E-state index is 0.646. The van der Waals surface area contributed by atoms with Crippen molar-refractivity contribution in [1.82, 2.24) is 15.1 Å². The monoisotopic (exact) mass is 273 g/mol. The average molecular weight is 274 g/mol. The molecule has 1 aliphatic heterocycles. The second-order valence-electron chi connectivity index (χ2n) is 4.43. The maximum atomic E-state index is 6.28. The lowest BCUT2D eigenvalue weighted by atomic mass is 10.1. The molecule has 1 aromatic rings. The first-order valence-electron chi connectivity index (χ1n) is 6.25. The van der Waals surface area contributed by atoms with Crippen LogP contribution in [0.2, 0.25) is 5.02 Å². The van der Waals surface area contributed by atoms with E-state index in [1.54, 1.807) is 0 Å². The van der Waals surface area contributed by atoms with Gasteiger partial charge in [0.2, 0.25) is 0 Å². The number of aromatic nitrogens is 2. The van der Waals surface area contributed by atoms with Crippen molar-refractivity contribution in [2.24, 2.45) is 0 Å². The van der Waals surface area contributed by atoms with E-state index in [9.17, 15) is 0 Å². The predicted molar refractivity (Wildman–Crippen MR) is 74.8 cm³/mol. The molecule has 2 heterocycles. The molecule has 96 valence electrons. The summed E-state index contributed by atoms with van der Waals surface area (Å²) in [5.74, 6) is 2.55. The van der Waals surface area contributed by atoms with Gasteiger partial charge in [0.1, 0.15) is 0 Å². The summed E-state index contributed by atoms with van der Waals surface area (Å²) >= 11 is 8.33.